The zero-order chi connectivity index (χ0) is 17.7. The van der Waals surface area contributed by atoms with Crippen LogP contribution < -0.4 is 10.5 Å². The smallest absolute Gasteiger partial charge is 0.335 e. The highest BCUT2D eigenvalue weighted by atomic mass is 32.2. The van der Waals surface area contributed by atoms with E-state index in [1.807, 2.05) is 0 Å². The summed E-state index contributed by atoms with van der Waals surface area (Å²) in [5.74, 6) is -1.64. The van der Waals surface area contributed by atoms with Crippen LogP contribution in [0.3, 0.4) is 0 Å². The second-order valence-electron chi connectivity index (χ2n) is 5.23. The molecule has 0 aliphatic carbocycles. The first-order valence-corrected chi connectivity index (χ1v) is 8.66. The molecule has 0 radical (unpaired) electrons. The van der Waals surface area contributed by atoms with Gasteiger partial charge >= 0.3 is 5.97 Å². The molecule has 2 aromatic carbocycles. The molecule has 0 spiro atoms. The van der Waals surface area contributed by atoms with E-state index in [1.54, 1.807) is 36.4 Å². The Balaban J connectivity index is 1.99. The average Bonchev–Trinajstić information content (AvgIpc) is 2.48. The monoisotopic (exact) mass is 348 g/mol. The van der Waals surface area contributed by atoms with Crippen molar-refractivity contribution in [3.05, 3.63) is 65.2 Å². The van der Waals surface area contributed by atoms with Crippen LogP contribution in [0.15, 0.2) is 48.5 Å². The Kier molecular flexibility index (Phi) is 5.32. The summed E-state index contributed by atoms with van der Waals surface area (Å²) in [6.07, 6.45) is 0.0278. The van der Waals surface area contributed by atoms with E-state index in [-0.39, 0.29) is 23.6 Å². The van der Waals surface area contributed by atoms with Crippen LogP contribution in [0.4, 0.5) is 5.69 Å². The van der Waals surface area contributed by atoms with Gasteiger partial charge in [0.05, 0.1) is 17.7 Å². The van der Waals surface area contributed by atoms with E-state index in [0.717, 1.165) is 0 Å². The molecular formula is C16H16N2O5S. The van der Waals surface area contributed by atoms with Gasteiger partial charge in [0.25, 0.3) is 0 Å². The summed E-state index contributed by atoms with van der Waals surface area (Å²) in [6.45, 7) is 0. The van der Waals surface area contributed by atoms with Gasteiger partial charge in [-0.05, 0) is 35.4 Å². The van der Waals surface area contributed by atoms with Crippen molar-refractivity contribution < 1.29 is 23.1 Å². The summed E-state index contributed by atoms with van der Waals surface area (Å²) in [7, 11) is -3.60. The number of carboxylic acids is 1. The Morgan fingerprint density at radius 1 is 1.04 bits per heavy atom. The molecule has 0 aliphatic rings. The van der Waals surface area contributed by atoms with E-state index in [2.05, 4.69) is 5.32 Å². The maximum absolute atomic E-state index is 12.0. The number of anilines is 1. The van der Waals surface area contributed by atoms with Gasteiger partial charge in [-0.2, -0.15) is 0 Å². The molecule has 1 amide bonds. The normalized spacial score (nSPS) is 11.0. The second-order valence-corrected chi connectivity index (χ2v) is 6.85. The first-order valence-electron chi connectivity index (χ1n) is 6.94. The van der Waals surface area contributed by atoms with Crippen LogP contribution in [0.2, 0.25) is 0 Å². The highest BCUT2D eigenvalue weighted by Crippen LogP contribution is 2.12. The molecule has 8 heteroatoms. The number of rotatable bonds is 6. The Labute approximate surface area is 139 Å². The number of nitrogens with one attached hydrogen (secondary N) is 1. The third-order valence-electron chi connectivity index (χ3n) is 3.14. The third kappa shape index (κ3) is 5.49. The molecule has 0 unspecified atom stereocenters. The van der Waals surface area contributed by atoms with Crippen molar-refractivity contribution in [2.75, 3.05) is 5.32 Å². The summed E-state index contributed by atoms with van der Waals surface area (Å²) < 4.78 is 22.0. The van der Waals surface area contributed by atoms with E-state index in [9.17, 15) is 18.0 Å². The lowest BCUT2D eigenvalue weighted by Crippen LogP contribution is -2.16. The molecule has 0 saturated carbocycles. The number of carbonyl (C=O) groups is 2. The number of aromatic carboxylic acids is 1. The Hall–Kier alpha value is -2.71. The average molecular weight is 348 g/mol. The lowest BCUT2D eigenvalue weighted by atomic mass is 10.1. The van der Waals surface area contributed by atoms with Gasteiger partial charge < -0.3 is 10.4 Å². The summed E-state index contributed by atoms with van der Waals surface area (Å²) in [5, 5.41) is 16.6. The number of amides is 1. The largest absolute Gasteiger partial charge is 0.478 e. The van der Waals surface area contributed by atoms with Crippen molar-refractivity contribution >= 4 is 27.6 Å². The van der Waals surface area contributed by atoms with Crippen LogP contribution in [0.25, 0.3) is 0 Å². The summed E-state index contributed by atoms with van der Waals surface area (Å²) in [6, 6.07) is 12.4. The van der Waals surface area contributed by atoms with Crippen LogP contribution in [-0.2, 0) is 27.0 Å². The number of carbonyl (C=O) groups excluding carboxylic acids is 1. The summed E-state index contributed by atoms with van der Waals surface area (Å²) >= 11 is 0. The minimum Gasteiger partial charge on any atom is -0.478 e. The fraction of sp³-hybridized carbons (Fsp3) is 0.125. The fourth-order valence-corrected chi connectivity index (χ4v) is 2.78. The van der Waals surface area contributed by atoms with Gasteiger partial charge in [0.2, 0.25) is 15.9 Å². The molecule has 7 nitrogen and oxygen atoms in total. The number of nitrogens with two attached hydrogens (primary N) is 1. The molecule has 24 heavy (non-hydrogen) atoms. The summed E-state index contributed by atoms with van der Waals surface area (Å²) in [5.41, 5.74) is 1.73. The Morgan fingerprint density at radius 3 is 2.29 bits per heavy atom. The Bertz CT molecular complexity index is 860. The minimum atomic E-state index is -3.60. The van der Waals surface area contributed by atoms with Gasteiger partial charge in [-0.3, -0.25) is 4.79 Å². The number of primary sulfonamides is 1. The standard InChI is InChI=1S/C16H16N2O5S/c17-24(22,23)10-11-4-6-14(7-5-11)18-15(19)9-12-2-1-3-13(8-12)16(20)21/h1-8H,9-10H2,(H,18,19)(H,20,21)(H2,17,22,23). The van der Waals surface area contributed by atoms with Crippen molar-refractivity contribution in [2.45, 2.75) is 12.2 Å². The molecule has 0 aromatic heterocycles. The molecule has 2 rings (SSSR count). The van der Waals surface area contributed by atoms with Crippen molar-refractivity contribution in [2.24, 2.45) is 5.14 Å². The van der Waals surface area contributed by atoms with Crippen LogP contribution in [-0.4, -0.2) is 25.4 Å². The highest BCUT2D eigenvalue weighted by molar-refractivity contribution is 7.88. The topological polar surface area (TPSA) is 127 Å². The molecule has 4 N–H and O–H groups in total. The number of hydrogen-bond donors (Lipinski definition) is 3. The predicted octanol–water partition coefficient (Wildman–Crippen LogP) is 1.35. The van der Waals surface area contributed by atoms with Gasteiger partial charge in [0.15, 0.2) is 0 Å². The number of carboxylic acid groups (broad SMARTS) is 1. The lowest BCUT2D eigenvalue weighted by molar-refractivity contribution is -0.115. The van der Waals surface area contributed by atoms with E-state index >= 15 is 0 Å². The van der Waals surface area contributed by atoms with E-state index in [4.69, 9.17) is 10.2 Å². The minimum absolute atomic E-state index is 0.0278. The maximum atomic E-state index is 12.0. The molecule has 0 bridgehead atoms. The van der Waals surface area contributed by atoms with Crippen LogP contribution in [0, 0.1) is 0 Å². The molecule has 0 heterocycles. The summed E-state index contributed by atoms with van der Waals surface area (Å²) in [4.78, 5) is 22.9. The SMILES string of the molecule is NS(=O)(=O)Cc1ccc(NC(=O)Cc2cccc(C(=O)O)c2)cc1. The van der Waals surface area contributed by atoms with E-state index < -0.39 is 16.0 Å². The van der Waals surface area contributed by atoms with Crippen molar-refractivity contribution in [1.29, 1.82) is 0 Å². The molecule has 0 fully saturated rings. The second kappa shape index (κ2) is 7.24. The number of hydrogen-bond acceptors (Lipinski definition) is 4. The van der Waals surface area contributed by atoms with Crippen LogP contribution >= 0.6 is 0 Å². The fourth-order valence-electron chi connectivity index (χ4n) is 2.12. The molecule has 2 aromatic rings. The van der Waals surface area contributed by atoms with Gasteiger partial charge in [-0.25, -0.2) is 18.4 Å². The van der Waals surface area contributed by atoms with Crippen LogP contribution in [0.1, 0.15) is 21.5 Å². The van der Waals surface area contributed by atoms with Crippen molar-refractivity contribution in [1.82, 2.24) is 0 Å². The highest BCUT2D eigenvalue weighted by Gasteiger charge is 2.09. The van der Waals surface area contributed by atoms with E-state index in [0.29, 0.717) is 16.8 Å². The quantitative estimate of drug-likeness (QED) is 0.726. The lowest BCUT2D eigenvalue weighted by Gasteiger charge is -2.07. The molecule has 0 saturated heterocycles. The van der Waals surface area contributed by atoms with Gasteiger partial charge in [0, 0.05) is 5.69 Å². The Morgan fingerprint density at radius 2 is 1.71 bits per heavy atom. The number of benzene rings is 2. The van der Waals surface area contributed by atoms with Crippen LogP contribution in [0.5, 0.6) is 0 Å². The number of sulfonamides is 1. The van der Waals surface area contributed by atoms with Gasteiger partial charge in [-0.1, -0.05) is 24.3 Å². The predicted molar refractivity (Wildman–Crippen MR) is 89.0 cm³/mol. The molecule has 0 aliphatic heterocycles. The third-order valence-corrected chi connectivity index (χ3v) is 3.88. The van der Waals surface area contributed by atoms with Gasteiger partial charge in [0.1, 0.15) is 0 Å². The van der Waals surface area contributed by atoms with Crippen molar-refractivity contribution in [3.63, 3.8) is 0 Å². The van der Waals surface area contributed by atoms with Crippen molar-refractivity contribution in [3.8, 4) is 0 Å². The first kappa shape index (κ1) is 17.6. The molecule has 126 valence electrons. The zero-order valence-electron chi connectivity index (χ0n) is 12.6. The maximum Gasteiger partial charge on any atom is 0.335 e. The first-order chi connectivity index (χ1) is 11.2. The molecule has 0 atom stereocenters. The van der Waals surface area contributed by atoms with E-state index in [1.165, 1.54) is 12.1 Å². The van der Waals surface area contributed by atoms with Gasteiger partial charge in [-0.15, -0.1) is 0 Å². The zero-order valence-corrected chi connectivity index (χ0v) is 13.4. The molecular weight excluding hydrogens is 332 g/mol.